The number of carbonyl (C=O) groups excluding carboxylic acids is 1. The van der Waals surface area contributed by atoms with E-state index in [-0.39, 0.29) is 11.5 Å². The highest BCUT2D eigenvalue weighted by Crippen LogP contribution is 2.28. The number of pyridine rings is 1. The van der Waals surface area contributed by atoms with E-state index in [9.17, 15) is 9.59 Å². The third-order valence-electron chi connectivity index (χ3n) is 6.57. The number of hydrogen-bond acceptors (Lipinski definition) is 3. The van der Waals surface area contributed by atoms with Crippen LogP contribution in [0.2, 0.25) is 0 Å². The van der Waals surface area contributed by atoms with Gasteiger partial charge < -0.3 is 14.8 Å². The molecule has 0 unspecified atom stereocenters. The first-order valence-electron chi connectivity index (χ1n) is 12.1. The number of nitrogens with one attached hydrogen (secondary N) is 1. The molecule has 1 fully saturated rings. The smallest absolute Gasteiger partial charge is 0.258 e. The average Bonchev–Trinajstić information content (AvgIpc) is 3.66. The summed E-state index contributed by atoms with van der Waals surface area (Å²) < 4.78 is 1.76. The van der Waals surface area contributed by atoms with Gasteiger partial charge in [-0.05, 0) is 97.4 Å². The predicted molar refractivity (Wildman–Crippen MR) is 142 cm³/mol. The summed E-state index contributed by atoms with van der Waals surface area (Å²) in [5, 5.41) is 4.65. The van der Waals surface area contributed by atoms with Gasteiger partial charge in [0, 0.05) is 29.7 Å². The van der Waals surface area contributed by atoms with Gasteiger partial charge in [0.05, 0.1) is 6.54 Å². The molecule has 0 radical (unpaired) electrons. The maximum absolute atomic E-state index is 13.2. The molecule has 1 aliphatic carbocycles. The zero-order valence-electron chi connectivity index (χ0n) is 20.5. The highest BCUT2D eigenvalue weighted by atomic mass is 16.1. The van der Waals surface area contributed by atoms with Crippen LogP contribution in [0.4, 0.5) is 0 Å². The number of carbonyl (C=O) groups is 1. The molecule has 0 saturated heterocycles. The summed E-state index contributed by atoms with van der Waals surface area (Å²) in [7, 11) is 4.11. The van der Waals surface area contributed by atoms with Crippen LogP contribution < -0.4 is 10.9 Å². The second kappa shape index (κ2) is 9.51. The van der Waals surface area contributed by atoms with Crippen molar-refractivity contribution in [2.45, 2.75) is 38.9 Å². The van der Waals surface area contributed by atoms with Crippen molar-refractivity contribution in [1.29, 1.82) is 0 Å². The second-order valence-electron chi connectivity index (χ2n) is 9.88. The van der Waals surface area contributed by atoms with Crippen LogP contribution in [-0.2, 0) is 13.1 Å². The van der Waals surface area contributed by atoms with Crippen molar-refractivity contribution < 1.29 is 4.79 Å². The summed E-state index contributed by atoms with van der Waals surface area (Å²) in [4.78, 5) is 27.9. The molecule has 178 valence electrons. The number of amides is 1. The maximum Gasteiger partial charge on any atom is 0.258 e. The number of aromatic nitrogens is 1. The minimum Gasteiger partial charge on any atom is -0.349 e. The van der Waals surface area contributed by atoms with Gasteiger partial charge in [-0.25, -0.2) is 0 Å². The molecule has 0 bridgehead atoms. The molecular weight excluding hydrogens is 434 g/mol. The van der Waals surface area contributed by atoms with Crippen molar-refractivity contribution >= 4 is 16.7 Å². The van der Waals surface area contributed by atoms with Crippen LogP contribution in [-0.4, -0.2) is 35.5 Å². The average molecular weight is 466 g/mol. The SMILES string of the molecule is Cc1ccc(C(=O)NC2CC2)cc1-c1ccc2c(=O)n(Cc3ccc(CN(C)C)cc3)ccc2c1. The Hall–Kier alpha value is -3.70. The zero-order chi connectivity index (χ0) is 24.5. The number of benzene rings is 3. The third kappa shape index (κ3) is 5.20. The Labute approximate surface area is 206 Å². The molecule has 0 spiro atoms. The molecule has 5 rings (SSSR count). The van der Waals surface area contributed by atoms with Gasteiger partial charge in [-0.15, -0.1) is 0 Å². The Kier molecular flexibility index (Phi) is 6.27. The lowest BCUT2D eigenvalue weighted by molar-refractivity contribution is 0.0951. The van der Waals surface area contributed by atoms with Crippen LogP contribution in [0.5, 0.6) is 0 Å². The fraction of sp³-hybridized carbons (Fsp3) is 0.267. The Morgan fingerprint density at radius 3 is 2.43 bits per heavy atom. The number of nitrogens with zero attached hydrogens (tertiary/aromatic N) is 2. The van der Waals surface area contributed by atoms with E-state index in [1.807, 2.05) is 55.6 Å². The van der Waals surface area contributed by atoms with Crippen molar-refractivity contribution in [2.75, 3.05) is 14.1 Å². The van der Waals surface area contributed by atoms with Crippen molar-refractivity contribution in [1.82, 2.24) is 14.8 Å². The van der Waals surface area contributed by atoms with Gasteiger partial charge in [0.25, 0.3) is 11.5 Å². The maximum atomic E-state index is 13.2. The van der Waals surface area contributed by atoms with Gasteiger partial charge in [-0.2, -0.15) is 0 Å². The normalized spacial score (nSPS) is 13.4. The van der Waals surface area contributed by atoms with E-state index in [1.165, 1.54) is 5.56 Å². The van der Waals surface area contributed by atoms with Gasteiger partial charge >= 0.3 is 0 Å². The molecule has 5 nitrogen and oxygen atoms in total. The Morgan fingerprint density at radius 2 is 1.71 bits per heavy atom. The molecule has 0 aliphatic heterocycles. The van der Waals surface area contributed by atoms with Crippen LogP contribution >= 0.6 is 0 Å². The molecule has 3 aromatic carbocycles. The highest BCUT2D eigenvalue weighted by Gasteiger charge is 2.24. The molecule has 1 heterocycles. The summed E-state index contributed by atoms with van der Waals surface area (Å²) in [5.74, 6) is -0.0211. The van der Waals surface area contributed by atoms with E-state index in [4.69, 9.17) is 0 Å². The standard InChI is InChI=1S/C30H31N3O2/c1-20-4-9-25(29(34)31-26-11-12-26)17-28(20)23-10-13-27-24(16-23)14-15-33(30(27)35)19-22-7-5-21(6-8-22)18-32(2)3/h4-10,13-17,26H,11-12,18-19H2,1-3H3,(H,31,34). The summed E-state index contributed by atoms with van der Waals surface area (Å²) in [6.45, 7) is 3.48. The third-order valence-corrected chi connectivity index (χ3v) is 6.57. The number of rotatable bonds is 7. The lowest BCUT2D eigenvalue weighted by Crippen LogP contribution is -2.25. The highest BCUT2D eigenvalue weighted by molar-refractivity contribution is 5.96. The predicted octanol–water partition coefficient (Wildman–Crippen LogP) is 4.98. The van der Waals surface area contributed by atoms with Gasteiger partial charge in [0.2, 0.25) is 0 Å². The van der Waals surface area contributed by atoms with E-state index >= 15 is 0 Å². The Balaban J connectivity index is 1.41. The first kappa shape index (κ1) is 23.1. The molecule has 1 saturated carbocycles. The monoisotopic (exact) mass is 465 g/mol. The largest absolute Gasteiger partial charge is 0.349 e. The molecule has 1 amide bonds. The quantitative estimate of drug-likeness (QED) is 0.419. The van der Waals surface area contributed by atoms with E-state index in [0.29, 0.717) is 23.5 Å². The lowest BCUT2D eigenvalue weighted by Gasteiger charge is -2.12. The van der Waals surface area contributed by atoms with Crippen molar-refractivity contribution in [3.8, 4) is 11.1 Å². The zero-order valence-corrected chi connectivity index (χ0v) is 20.5. The van der Waals surface area contributed by atoms with Gasteiger partial charge in [0.15, 0.2) is 0 Å². The summed E-state index contributed by atoms with van der Waals surface area (Å²) in [5.41, 5.74) is 6.13. The Morgan fingerprint density at radius 1 is 0.971 bits per heavy atom. The minimum absolute atomic E-state index is 0.000650. The van der Waals surface area contributed by atoms with Crippen LogP contribution in [0.3, 0.4) is 0 Å². The molecule has 0 atom stereocenters. The molecular formula is C30H31N3O2. The van der Waals surface area contributed by atoms with Crippen molar-refractivity contribution in [3.63, 3.8) is 0 Å². The summed E-state index contributed by atoms with van der Waals surface area (Å²) in [6.07, 6.45) is 4.00. The van der Waals surface area contributed by atoms with Gasteiger partial charge in [-0.3, -0.25) is 9.59 Å². The molecule has 35 heavy (non-hydrogen) atoms. The second-order valence-corrected chi connectivity index (χ2v) is 9.88. The van der Waals surface area contributed by atoms with Crippen LogP contribution in [0, 0.1) is 6.92 Å². The number of hydrogen-bond donors (Lipinski definition) is 1. The van der Waals surface area contributed by atoms with E-state index in [0.717, 1.165) is 47.0 Å². The molecule has 1 N–H and O–H groups in total. The van der Waals surface area contributed by atoms with Crippen LogP contribution in [0.1, 0.15) is 39.9 Å². The molecule has 5 heteroatoms. The lowest BCUT2D eigenvalue weighted by atomic mass is 9.96. The Bertz CT molecular complexity index is 1450. The fourth-order valence-corrected chi connectivity index (χ4v) is 4.46. The summed E-state index contributed by atoms with van der Waals surface area (Å²) >= 11 is 0. The van der Waals surface area contributed by atoms with Crippen LogP contribution in [0.15, 0.2) is 77.7 Å². The van der Waals surface area contributed by atoms with E-state index < -0.39 is 0 Å². The minimum atomic E-state index is -0.0211. The van der Waals surface area contributed by atoms with Crippen LogP contribution in [0.25, 0.3) is 21.9 Å². The first-order chi connectivity index (χ1) is 16.9. The van der Waals surface area contributed by atoms with Crippen molar-refractivity contribution in [3.05, 3.63) is 106 Å². The fourth-order valence-electron chi connectivity index (χ4n) is 4.46. The molecule has 1 aromatic heterocycles. The van der Waals surface area contributed by atoms with Crippen molar-refractivity contribution in [2.24, 2.45) is 0 Å². The first-order valence-corrected chi connectivity index (χ1v) is 12.1. The van der Waals surface area contributed by atoms with Gasteiger partial charge in [0.1, 0.15) is 0 Å². The van der Waals surface area contributed by atoms with E-state index in [1.54, 1.807) is 4.57 Å². The topological polar surface area (TPSA) is 54.3 Å². The summed E-state index contributed by atoms with van der Waals surface area (Å²) in [6, 6.07) is 22.5. The molecule has 1 aliphatic rings. The number of fused-ring (bicyclic) bond motifs is 1. The van der Waals surface area contributed by atoms with Gasteiger partial charge in [-0.1, -0.05) is 36.4 Å². The number of aryl methyl sites for hydroxylation is 1. The molecule has 4 aromatic rings. The van der Waals surface area contributed by atoms with E-state index in [2.05, 4.69) is 48.6 Å².